The third kappa shape index (κ3) is 2.45. The molecule has 104 valence electrons. The summed E-state index contributed by atoms with van der Waals surface area (Å²) >= 11 is 1.64. The first-order valence-electron chi connectivity index (χ1n) is 6.61. The van der Waals surface area contributed by atoms with Gasteiger partial charge in [0, 0.05) is 36.6 Å². The Morgan fingerprint density at radius 2 is 2.40 bits per heavy atom. The van der Waals surface area contributed by atoms with Crippen molar-refractivity contribution in [1.82, 2.24) is 19.8 Å². The Hall–Kier alpha value is -1.76. The molecule has 3 aromatic heterocycles. The standard InChI is InChI=1S/C14H17N5S/c1-2-10-8-16-4-3-12(10)13(18-15)7-11-9-19-5-6-20-14(19)17-11/h3-6,8-9,13,18H,2,7,15H2,1H3. The monoisotopic (exact) mass is 287 g/mol. The minimum absolute atomic E-state index is 0.0533. The summed E-state index contributed by atoms with van der Waals surface area (Å²) < 4.78 is 2.04. The van der Waals surface area contributed by atoms with Crippen molar-refractivity contribution in [3.63, 3.8) is 0 Å². The summed E-state index contributed by atoms with van der Waals surface area (Å²) in [6.45, 7) is 2.13. The molecule has 0 fully saturated rings. The van der Waals surface area contributed by atoms with Crippen molar-refractivity contribution in [3.8, 4) is 0 Å². The van der Waals surface area contributed by atoms with Crippen LogP contribution in [0.15, 0.2) is 36.2 Å². The highest BCUT2D eigenvalue weighted by molar-refractivity contribution is 7.15. The number of nitrogens with zero attached hydrogens (tertiary/aromatic N) is 3. The molecule has 0 aliphatic rings. The fourth-order valence-electron chi connectivity index (χ4n) is 2.42. The number of aryl methyl sites for hydroxylation is 1. The highest BCUT2D eigenvalue weighted by Crippen LogP contribution is 2.22. The highest BCUT2D eigenvalue weighted by Gasteiger charge is 2.16. The van der Waals surface area contributed by atoms with Crippen LogP contribution in [0.3, 0.4) is 0 Å². The first kappa shape index (κ1) is 13.2. The van der Waals surface area contributed by atoms with E-state index in [1.807, 2.05) is 34.4 Å². The van der Waals surface area contributed by atoms with Gasteiger partial charge in [-0.15, -0.1) is 11.3 Å². The molecule has 6 heteroatoms. The quantitative estimate of drug-likeness (QED) is 0.557. The Morgan fingerprint density at radius 3 is 3.15 bits per heavy atom. The van der Waals surface area contributed by atoms with E-state index in [4.69, 9.17) is 5.84 Å². The average molecular weight is 287 g/mol. The van der Waals surface area contributed by atoms with E-state index in [-0.39, 0.29) is 6.04 Å². The predicted molar refractivity (Wildman–Crippen MR) is 80.5 cm³/mol. The summed E-state index contributed by atoms with van der Waals surface area (Å²) in [5.74, 6) is 5.74. The number of hydrazine groups is 1. The molecular formula is C14H17N5S. The summed E-state index contributed by atoms with van der Waals surface area (Å²) in [7, 11) is 0. The summed E-state index contributed by atoms with van der Waals surface area (Å²) in [6, 6.07) is 2.08. The Kier molecular flexibility index (Phi) is 3.77. The second-order valence-corrected chi connectivity index (χ2v) is 5.55. The van der Waals surface area contributed by atoms with E-state index in [1.54, 1.807) is 11.3 Å². The molecule has 3 N–H and O–H groups in total. The van der Waals surface area contributed by atoms with Gasteiger partial charge in [0.25, 0.3) is 0 Å². The molecule has 0 aliphatic carbocycles. The first-order chi connectivity index (χ1) is 9.81. The number of nitrogens with one attached hydrogen (secondary N) is 1. The third-order valence-electron chi connectivity index (χ3n) is 3.46. The third-order valence-corrected chi connectivity index (χ3v) is 4.23. The second kappa shape index (κ2) is 5.70. The van der Waals surface area contributed by atoms with Crippen LogP contribution in [0.4, 0.5) is 0 Å². The van der Waals surface area contributed by atoms with Crippen molar-refractivity contribution < 1.29 is 0 Å². The molecule has 0 bridgehead atoms. The zero-order chi connectivity index (χ0) is 13.9. The van der Waals surface area contributed by atoms with Gasteiger partial charge in [0.15, 0.2) is 4.96 Å². The van der Waals surface area contributed by atoms with E-state index in [1.165, 1.54) is 11.1 Å². The molecule has 0 saturated carbocycles. The molecule has 1 unspecified atom stereocenters. The smallest absolute Gasteiger partial charge is 0.193 e. The van der Waals surface area contributed by atoms with Crippen LogP contribution in [0.25, 0.3) is 4.96 Å². The van der Waals surface area contributed by atoms with Crippen molar-refractivity contribution in [2.24, 2.45) is 5.84 Å². The van der Waals surface area contributed by atoms with Gasteiger partial charge >= 0.3 is 0 Å². The van der Waals surface area contributed by atoms with Crippen LogP contribution in [0.5, 0.6) is 0 Å². The molecule has 3 aromatic rings. The SMILES string of the molecule is CCc1cnccc1C(Cc1cn2ccsc2n1)NN. The summed E-state index contributed by atoms with van der Waals surface area (Å²) in [5.41, 5.74) is 6.36. The topological polar surface area (TPSA) is 68.2 Å². The van der Waals surface area contributed by atoms with E-state index < -0.39 is 0 Å². The fraction of sp³-hybridized carbons (Fsp3) is 0.286. The molecule has 1 atom stereocenters. The molecule has 0 saturated heterocycles. The molecule has 0 spiro atoms. The van der Waals surface area contributed by atoms with Gasteiger partial charge < -0.3 is 0 Å². The van der Waals surface area contributed by atoms with E-state index in [0.29, 0.717) is 0 Å². The van der Waals surface area contributed by atoms with Crippen molar-refractivity contribution in [2.45, 2.75) is 25.8 Å². The van der Waals surface area contributed by atoms with Crippen molar-refractivity contribution >= 4 is 16.3 Å². The lowest BCUT2D eigenvalue weighted by atomic mass is 9.98. The number of hydrogen-bond acceptors (Lipinski definition) is 5. The maximum atomic E-state index is 5.74. The predicted octanol–water partition coefficient (Wildman–Crippen LogP) is 2.10. The fourth-order valence-corrected chi connectivity index (χ4v) is 3.13. The van der Waals surface area contributed by atoms with E-state index >= 15 is 0 Å². The van der Waals surface area contributed by atoms with Gasteiger partial charge in [-0.3, -0.25) is 20.7 Å². The van der Waals surface area contributed by atoms with Crippen LogP contribution in [0, 0.1) is 0 Å². The Balaban J connectivity index is 1.88. The number of aromatic nitrogens is 3. The summed E-state index contributed by atoms with van der Waals surface area (Å²) in [6.07, 6.45) is 9.51. The second-order valence-electron chi connectivity index (χ2n) is 4.68. The maximum Gasteiger partial charge on any atom is 0.193 e. The number of hydrogen-bond donors (Lipinski definition) is 2. The van der Waals surface area contributed by atoms with E-state index in [2.05, 4.69) is 28.5 Å². The normalized spacial score (nSPS) is 12.9. The molecule has 5 nitrogen and oxygen atoms in total. The van der Waals surface area contributed by atoms with Crippen LogP contribution in [0.1, 0.15) is 29.8 Å². The Bertz CT molecular complexity index is 674. The summed E-state index contributed by atoms with van der Waals surface area (Å²) in [4.78, 5) is 9.81. The molecule has 0 aromatic carbocycles. The number of rotatable bonds is 5. The molecule has 0 amide bonds. The largest absolute Gasteiger partial charge is 0.297 e. The van der Waals surface area contributed by atoms with Crippen LogP contribution in [0.2, 0.25) is 0 Å². The lowest BCUT2D eigenvalue weighted by Gasteiger charge is -2.18. The zero-order valence-corrected chi connectivity index (χ0v) is 12.1. The van der Waals surface area contributed by atoms with E-state index in [0.717, 1.165) is 23.5 Å². The molecular weight excluding hydrogens is 270 g/mol. The summed E-state index contributed by atoms with van der Waals surface area (Å²) in [5, 5.41) is 2.03. The number of imidazole rings is 1. The number of nitrogens with two attached hydrogens (primary N) is 1. The Morgan fingerprint density at radius 1 is 1.50 bits per heavy atom. The molecule has 0 radical (unpaired) electrons. The van der Waals surface area contributed by atoms with Crippen molar-refractivity contribution in [1.29, 1.82) is 0 Å². The lowest BCUT2D eigenvalue weighted by Crippen LogP contribution is -2.30. The molecule has 20 heavy (non-hydrogen) atoms. The number of thiazole rings is 1. The number of pyridine rings is 1. The number of fused-ring (bicyclic) bond motifs is 1. The lowest BCUT2D eigenvalue weighted by molar-refractivity contribution is 0.542. The highest BCUT2D eigenvalue weighted by atomic mass is 32.1. The maximum absolute atomic E-state index is 5.74. The zero-order valence-electron chi connectivity index (χ0n) is 11.3. The van der Waals surface area contributed by atoms with Gasteiger partial charge in [-0.25, -0.2) is 4.98 Å². The molecule has 0 aliphatic heterocycles. The van der Waals surface area contributed by atoms with Crippen LogP contribution < -0.4 is 11.3 Å². The van der Waals surface area contributed by atoms with Gasteiger partial charge in [0.1, 0.15) is 0 Å². The van der Waals surface area contributed by atoms with Gasteiger partial charge in [-0.05, 0) is 23.6 Å². The van der Waals surface area contributed by atoms with Gasteiger partial charge in [-0.2, -0.15) is 0 Å². The van der Waals surface area contributed by atoms with Crippen LogP contribution >= 0.6 is 11.3 Å². The molecule has 3 heterocycles. The van der Waals surface area contributed by atoms with Gasteiger partial charge in [-0.1, -0.05) is 6.92 Å². The van der Waals surface area contributed by atoms with Gasteiger partial charge in [0.2, 0.25) is 0 Å². The van der Waals surface area contributed by atoms with E-state index in [9.17, 15) is 0 Å². The van der Waals surface area contributed by atoms with Gasteiger partial charge in [0.05, 0.1) is 11.7 Å². The first-order valence-corrected chi connectivity index (χ1v) is 7.49. The van der Waals surface area contributed by atoms with Crippen LogP contribution in [-0.4, -0.2) is 14.4 Å². The minimum atomic E-state index is 0.0533. The van der Waals surface area contributed by atoms with Crippen molar-refractivity contribution in [2.75, 3.05) is 0 Å². The average Bonchev–Trinajstić information content (AvgIpc) is 3.05. The minimum Gasteiger partial charge on any atom is -0.297 e. The van der Waals surface area contributed by atoms with Crippen molar-refractivity contribution in [3.05, 3.63) is 53.1 Å². The molecule has 3 rings (SSSR count). The Labute approximate surface area is 121 Å². The van der Waals surface area contributed by atoms with Crippen LogP contribution in [-0.2, 0) is 12.8 Å².